The Hall–Kier alpha value is -1.10. The van der Waals surface area contributed by atoms with E-state index in [0.717, 1.165) is 16.1 Å². The molecule has 1 N–H and O–H groups in total. The molecule has 0 saturated heterocycles. The van der Waals surface area contributed by atoms with Crippen LogP contribution >= 0.6 is 15.9 Å². The summed E-state index contributed by atoms with van der Waals surface area (Å²) in [6.45, 7) is 0. The van der Waals surface area contributed by atoms with Crippen molar-refractivity contribution in [3.05, 3.63) is 22.7 Å². The van der Waals surface area contributed by atoms with Gasteiger partial charge in [-0.05, 0) is 28.8 Å². The zero-order valence-electron chi connectivity index (χ0n) is 8.37. The van der Waals surface area contributed by atoms with Crippen LogP contribution in [0.5, 0.6) is 0 Å². The number of rotatable bonds is 2. The highest BCUT2D eigenvalue weighted by molar-refractivity contribution is 9.10. The van der Waals surface area contributed by atoms with Gasteiger partial charge in [0.15, 0.2) is 11.5 Å². The number of nitrogens with one attached hydrogen (secondary N) is 1. The van der Waals surface area contributed by atoms with Crippen molar-refractivity contribution in [3.8, 4) is 0 Å². The van der Waals surface area contributed by atoms with E-state index in [0.29, 0.717) is 5.92 Å². The molecule has 5 heteroatoms. The van der Waals surface area contributed by atoms with E-state index in [1.54, 1.807) is 0 Å². The zero-order valence-corrected chi connectivity index (χ0v) is 9.95. The molecule has 78 valence electrons. The van der Waals surface area contributed by atoms with E-state index < -0.39 is 0 Å². The molecule has 15 heavy (non-hydrogen) atoms. The Morgan fingerprint density at radius 3 is 2.87 bits per heavy atom. The van der Waals surface area contributed by atoms with E-state index in [4.69, 9.17) is 0 Å². The summed E-state index contributed by atoms with van der Waals surface area (Å²) >= 11 is 3.39. The van der Waals surface area contributed by atoms with Gasteiger partial charge in [-0.2, -0.15) is 0 Å². The molecule has 1 saturated carbocycles. The molecule has 0 atom stereocenters. The second-order valence-corrected chi connectivity index (χ2v) is 4.65. The average Bonchev–Trinajstić information content (AvgIpc) is 2.98. The zero-order chi connectivity index (χ0) is 10.4. The summed E-state index contributed by atoms with van der Waals surface area (Å²) < 4.78 is 2.84. The van der Waals surface area contributed by atoms with Crippen LogP contribution in [0.25, 0.3) is 5.65 Å². The monoisotopic (exact) mass is 266 g/mol. The minimum absolute atomic E-state index is 0.674. The number of hydrogen-bond acceptors (Lipinski definition) is 3. The maximum absolute atomic E-state index is 4.60. The summed E-state index contributed by atoms with van der Waals surface area (Å²) in [6.07, 6.45) is 6.58. The quantitative estimate of drug-likeness (QED) is 0.908. The Labute approximate surface area is 95.9 Å². The highest BCUT2D eigenvalue weighted by atomic mass is 79.9. The number of halogens is 1. The smallest absolute Gasteiger partial charge is 0.180 e. The van der Waals surface area contributed by atoms with Crippen LogP contribution in [0, 0.1) is 0 Å². The first-order valence-corrected chi connectivity index (χ1v) is 5.80. The van der Waals surface area contributed by atoms with Crippen molar-refractivity contribution in [3.63, 3.8) is 0 Å². The molecule has 0 radical (unpaired) electrons. The fourth-order valence-corrected chi connectivity index (χ4v) is 2.13. The van der Waals surface area contributed by atoms with E-state index in [1.807, 2.05) is 17.6 Å². The maximum Gasteiger partial charge on any atom is 0.180 e. The van der Waals surface area contributed by atoms with Crippen molar-refractivity contribution in [2.24, 2.45) is 0 Å². The molecule has 2 heterocycles. The van der Waals surface area contributed by atoms with Gasteiger partial charge in [-0.1, -0.05) is 0 Å². The van der Waals surface area contributed by atoms with Crippen molar-refractivity contribution in [1.82, 2.24) is 14.4 Å². The molecule has 0 amide bonds. The van der Waals surface area contributed by atoms with Gasteiger partial charge in [-0.25, -0.2) is 9.97 Å². The number of anilines is 1. The average molecular weight is 267 g/mol. The largest absolute Gasteiger partial charge is 0.370 e. The lowest BCUT2D eigenvalue weighted by Gasteiger charge is -2.01. The third kappa shape index (κ3) is 1.51. The van der Waals surface area contributed by atoms with Crippen LogP contribution < -0.4 is 5.32 Å². The predicted molar refractivity (Wildman–Crippen MR) is 62.2 cm³/mol. The molecule has 3 rings (SSSR count). The lowest BCUT2D eigenvalue weighted by molar-refractivity contribution is 1.05. The summed E-state index contributed by atoms with van der Waals surface area (Å²) in [4.78, 5) is 8.94. The molecule has 2 aromatic rings. The first-order valence-electron chi connectivity index (χ1n) is 5.01. The van der Waals surface area contributed by atoms with Gasteiger partial charge in [0, 0.05) is 25.4 Å². The van der Waals surface area contributed by atoms with Gasteiger partial charge in [0.1, 0.15) is 4.60 Å². The molecule has 0 aliphatic heterocycles. The van der Waals surface area contributed by atoms with Crippen LogP contribution in [-0.2, 0) is 0 Å². The SMILES string of the molecule is CNc1nc(Br)cn2cc(C3CC3)nc12. The minimum atomic E-state index is 0.674. The van der Waals surface area contributed by atoms with Gasteiger partial charge in [-0.15, -0.1) is 0 Å². The topological polar surface area (TPSA) is 42.2 Å². The fourth-order valence-electron chi connectivity index (χ4n) is 1.73. The number of imidazole rings is 1. The molecule has 1 fully saturated rings. The van der Waals surface area contributed by atoms with E-state index in [2.05, 4.69) is 37.4 Å². The molecular formula is C10H11BrN4. The lowest BCUT2D eigenvalue weighted by atomic mass is 10.3. The summed E-state index contributed by atoms with van der Waals surface area (Å²) in [5.74, 6) is 1.49. The molecule has 4 nitrogen and oxygen atoms in total. The standard InChI is InChI=1S/C10H11BrN4/c1-12-9-10-13-7(6-2-3-6)4-15(10)5-8(11)14-9/h4-6H,2-3H2,1H3,(H,12,14). The van der Waals surface area contributed by atoms with Crippen molar-refractivity contribution in [1.29, 1.82) is 0 Å². The molecular weight excluding hydrogens is 256 g/mol. The normalized spacial score (nSPS) is 15.9. The summed E-state index contributed by atoms with van der Waals surface area (Å²) in [7, 11) is 1.86. The van der Waals surface area contributed by atoms with Crippen molar-refractivity contribution < 1.29 is 0 Å². The highest BCUT2D eigenvalue weighted by Crippen LogP contribution is 2.39. The van der Waals surface area contributed by atoms with E-state index >= 15 is 0 Å². The third-order valence-electron chi connectivity index (χ3n) is 2.66. The second-order valence-electron chi connectivity index (χ2n) is 3.83. The van der Waals surface area contributed by atoms with Crippen molar-refractivity contribution in [2.75, 3.05) is 12.4 Å². The van der Waals surface area contributed by atoms with E-state index in [1.165, 1.54) is 18.5 Å². The third-order valence-corrected chi connectivity index (χ3v) is 3.04. The van der Waals surface area contributed by atoms with Crippen molar-refractivity contribution in [2.45, 2.75) is 18.8 Å². The molecule has 0 aromatic carbocycles. The van der Waals surface area contributed by atoms with Crippen molar-refractivity contribution >= 4 is 27.4 Å². The number of nitrogens with zero attached hydrogens (tertiary/aromatic N) is 3. The fraction of sp³-hybridized carbons (Fsp3) is 0.400. The highest BCUT2D eigenvalue weighted by Gasteiger charge is 2.26. The number of hydrogen-bond donors (Lipinski definition) is 1. The van der Waals surface area contributed by atoms with Crippen LogP contribution in [0.1, 0.15) is 24.5 Å². The van der Waals surface area contributed by atoms with E-state index in [-0.39, 0.29) is 0 Å². The van der Waals surface area contributed by atoms with Gasteiger partial charge in [0.2, 0.25) is 0 Å². The summed E-state index contributed by atoms with van der Waals surface area (Å²) in [5.41, 5.74) is 2.09. The Bertz CT molecular complexity index is 515. The van der Waals surface area contributed by atoms with Gasteiger partial charge in [0.25, 0.3) is 0 Å². The Morgan fingerprint density at radius 1 is 1.40 bits per heavy atom. The molecule has 1 aliphatic rings. The Balaban J connectivity index is 2.23. The molecule has 0 bridgehead atoms. The second kappa shape index (κ2) is 3.20. The maximum atomic E-state index is 4.60. The van der Waals surface area contributed by atoms with Gasteiger partial charge < -0.3 is 9.72 Å². The van der Waals surface area contributed by atoms with Crippen LogP contribution in [0.15, 0.2) is 17.0 Å². The molecule has 1 aliphatic carbocycles. The Morgan fingerprint density at radius 2 is 2.20 bits per heavy atom. The van der Waals surface area contributed by atoms with Crippen LogP contribution in [-0.4, -0.2) is 21.4 Å². The number of fused-ring (bicyclic) bond motifs is 1. The van der Waals surface area contributed by atoms with Gasteiger partial charge in [0.05, 0.1) is 5.69 Å². The van der Waals surface area contributed by atoms with Crippen LogP contribution in [0.3, 0.4) is 0 Å². The molecule has 0 spiro atoms. The van der Waals surface area contributed by atoms with Crippen LogP contribution in [0.2, 0.25) is 0 Å². The van der Waals surface area contributed by atoms with E-state index in [9.17, 15) is 0 Å². The minimum Gasteiger partial charge on any atom is -0.370 e. The lowest BCUT2D eigenvalue weighted by Crippen LogP contribution is -1.97. The Kier molecular flexibility index (Phi) is 1.95. The number of aromatic nitrogens is 3. The first kappa shape index (κ1) is 9.15. The summed E-state index contributed by atoms with van der Waals surface area (Å²) in [6, 6.07) is 0. The van der Waals surface area contributed by atoms with Gasteiger partial charge >= 0.3 is 0 Å². The first-order chi connectivity index (χ1) is 7.28. The van der Waals surface area contributed by atoms with Crippen LogP contribution in [0.4, 0.5) is 5.82 Å². The van der Waals surface area contributed by atoms with Gasteiger partial charge in [-0.3, -0.25) is 0 Å². The summed E-state index contributed by atoms with van der Waals surface area (Å²) in [5, 5.41) is 3.06. The predicted octanol–water partition coefficient (Wildman–Crippen LogP) is 2.41. The molecule has 0 unspecified atom stereocenters. The molecule has 2 aromatic heterocycles.